The number of nitrogens with zero attached hydrogens (tertiary/aromatic N) is 3. The largest absolute Gasteiger partial charge is 0.296 e. The van der Waals surface area contributed by atoms with Crippen LogP contribution in [0, 0.1) is 17.2 Å². The molecule has 0 fully saturated rings. The lowest BCUT2D eigenvalue weighted by Crippen LogP contribution is -2.13. The summed E-state index contributed by atoms with van der Waals surface area (Å²) in [4.78, 5) is 12.2. The zero-order valence-corrected chi connectivity index (χ0v) is 16.3. The number of aromatic nitrogens is 2. The van der Waals surface area contributed by atoms with Gasteiger partial charge in [-0.05, 0) is 29.7 Å². The van der Waals surface area contributed by atoms with Gasteiger partial charge < -0.3 is 0 Å². The first-order valence-corrected chi connectivity index (χ1v) is 10.3. The lowest BCUT2D eigenvalue weighted by molar-refractivity contribution is -0.112. The first-order valence-electron chi connectivity index (χ1n) is 7.46. The summed E-state index contributed by atoms with van der Waals surface area (Å²) < 4.78 is 24.1. The van der Waals surface area contributed by atoms with Crippen molar-refractivity contribution in [2.24, 2.45) is 5.92 Å². The average Bonchev–Trinajstić information content (AvgIpc) is 3.02. The third-order valence-corrected chi connectivity index (χ3v) is 6.61. The number of rotatable bonds is 6. The standard InChI is InChI=1S/C16H15ClN4O3S2/c1-10(2)9-26(23,24)16-21-20-15(25-16)19-14(22)12(8-18)7-11-3-5-13(17)6-4-11/h3-7,10H,9H2,1-2H3,(H,19,20,22)/b12-7-. The Morgan fingerprint density at radius 3 is 2.58 bits per heavy atom. The maximum atomic E-state index is 12.2. The molecule has 1 heterocycles. The molecule has 26 heavy (non-hydrogen) atoms. The fourth-order valence-corrected chi connectivity index (χ4v) is 4.67. The quantitative estimate of drug-likeness (QED) is 0.444. The lowest BCUT2D eigenvalue weighted by Gasteiger charge is -2.02. The number of hydrogen-bond donors (Lipinski definition) is 1. The second-order valence-corrected chi connectivity index (χ2v) is 9.35. The van der Waals surface area contributed by atoms with Crippen molar-refractivity contribution in [3.8, 4) is 6.07 Å². The Balaban J connectivity index is 2.16. The first kappa shape index (κ1) is 20.0. The van der Waals surface area contributed by atoms with Crippen molar-refractivity contribution in [3.63, 3.8) is 0 Å². The van der Waals surface area contributed by atoms with Crippen LogP contribution in [0.2, 0.25) is 5.02 Å². The molecule has 1 N–H and O–H groups in total. The van der Waals surface area contributed by atoms with E-state index in [1.54, 1.807) is 44.2 Å². The van der Waals surface area contributed by atoms with Crippen LogP contribution in [-0.4, -0.2) is 30.3 Å². The SMILES string of the molecule is CC(C)CS(=O)(=O)c1nnc(NC(=O)/C(C#N)=C\c2ccc(Cl)cc2)s1. The van der Waals surface area contributed by atoms with Gasteiger partial charge in [-0.25, -0.2) is 8.42 Å². The van der Waals surface area contributed by atoms with E-state index in [0.717, 1.165) is 11.3 Å². The zero-order chi connectivity index (χ0) is 19.3. The van der Waals surface area contributed by atoms with E-state index in [1.165, 1.54) is 6.08 Å². The van der Waals surface area contributed by atoms with E-state index in [-0.39, 0.29) is 26.7 Å². The number of nitrogens with one attached hydrogen (secondary N) is 1. The van der Waals surface area contributed by atoms with Gasteiger partial charge in [-0.15, -0.1) is 10.2 Å². The van der Waals surface area contributed by atoms with E-state index < -0.39 is 15.7 Å². The number of amides is 1. The molecule has 0 saturated heterocycles. The van der Waals surface area contributed by atoms with Crippen molar-refractivity contribution in [2.75, 3.05) is 11.1 Å². The Morgan fingerprint density at radius 2 is 2.00 bits per heavy atom. The van der Waals surface area contributed by atoms with E-state index in [9.17, 15) is 18.5 Å². The highest BCUT2D eigenvalue weighted by Gasteiger charge is 2.22. The normalized spacial score (nSPS) is 12.0. The zero-order valence-electron chi connectivity index (χ0n) is 13.9. The highest BCUT2D eigenvalue weighted by molar-refractivity contribution is 7.93. The summed E-state index contributed by atoms with van der Waals surface area (Å²) in [5.41, 5.74) is 0.465. The molecule has 1 aromatic heterocycles. The van der Waals surface area contributed by atoms with Crippen LogP contribution >= 0.6 is 22.9 Å². The number of benzene rings is 1. The Morgan fingerprint density at radius 1 is 1.35 bits per heavy atom. The molecule has 10 heteroatoms. The predicted molar refractivity (Wildman–Crippen MR) is 100 cm³/mol. The molecule has 1 amide bonds. The number of sulfone groups is 1. The summed E-state index contributed by atoms with van der Waals surface area (Å²) in [6.07, 6.45) is 1.39. The molecule has 0 saturated carbocycles. The fraction of sp³-hybridized carbons (Fsp3) is 0.250. The lowest BCUT2D eigenvalue weighted by atomic mass is 10.1. The van der Waals surface area contributed by atoms with E-state index in [2.05, 4.69) is 15.5 Å². The Hall–Kier alpha value is -2.28. The van der Waals surface area contributed by atoms with Gasteiger partial charge >= 0.3 is 0 Å². The second-order valence-electron chi connectivity index (χ2n) is 5.72. The van der Waals surface area contributed by atoms with Gasteiger partial charge in [0.15, 0.2) is 0 Å². The molecular formula is C16H15ClN4O3S2. The van der Waals surface area contributed by atoms with Gasteiger partial charge in [0.25, 0.3) is 5.91 Å². The summed E-state index contributed by atoms with van der Waals surface area (Å²) in [5, 5.41) is 19.4. The molecule has 1 aromatic carbocycles. The summed E-state index contributed by atoms with van der Waals surface area (Å²) in [7, 11) is -3.55. The van der Waals surface area contributed by atoms with Crippen molar-refractivity contribution in [1.82, 2.24) is 10.2 Å². The molecule has 0 bridgehead atoms. The van der Waals surface area contributed by atoms with E-state index in [0.29, 0.717) is 10.6 Å². The highest BCUT2D eigenvalue weighted by atomic mass is 35.5. The van der Waals surface area contributed by atoms with Gasteiger partial charge in [-0.2, -0.15) is 5.26 Å². The van der Waals surface area contributed by atoms with E-state index in [1.807, 2.05) is 0 Å². The van der Waals surface area contributed by atoms with Crippen molar-refractivity contribution in [1.29, 1.82) is 5.26 Å². The topological polar surface area (TPSA) is 113 Å². The summed E-state index contributed by atoms with van der Waals surface area (Å²) in [6, 6.07) is 8.40. The van der Waals surface area contributed by atoms with Crippen molar-refractivity contribution in [3.05, 3.63) is 40.4 Å². The minimum atomic E-state index is -3.55. The maximum absolute atomic E-state index is 12.2. The van der Waals surface area contributed by atoms with Gasteiger partial charge in [0.05, 0.1) is 5.75 Å². The molecule has 7 nitrogen and oxygen atoms in total. The molecule has 136 valence electrons. The maximum Gasteiger partial charge on any atom is 0.268 e. The van der Waals surface area contributed by atoms with Crippen molar-refractivity contribution >= 4 is 49.9 Å². The Kier molecular flexibility index (Phi) is 6.47. The fourth-order valence-electron chi connectivity index (χ4n) is 1.93. The first-order chi connectivity index (χ1) is 12.2. The van der Waals surface area contributed by atoms with E-state index in [4.69, 9.17) is 11.6 Å². The number of anilines is 1. The third kappa shape index (κ3) is 5.36. The molecule has 2 aromatic rings. The van der Waals surface area contributed by atoms with Crippen LogP contribution in [0.4, 0.5) is 5.13 Å². The minimum Gasteiger partial charge on any atom is -0.296 e. The van der Waals surface area contributed by atoms with Crippen LogP contribution in [0.25, 0.3) is 6.08 Å². The highest BCUT2D eigenvalue weighted by Crippen LogP contribution is 2.23. The Bertz CT molecular complexity index is 974. The molecule has 0 aliphatic rings. The molecule has 0 atom stereocenters. The van der Waals surface area contributed by atoms with Crippen LogP contribution in [0.3, 0.4) is 0 Å². The summed E-state index contributed by atoms with van der Waals surface area (Å²) in [5.74, 6) is -0.823. The number of halogens is 1. The Labute approximate surface area is 160 Å². The van der Waals surface area contributed by atoms with Gasteiger partial charge in [0.1, 0.15) is 11.6 Å². The van der Waals surface area contributed by atoms with Crippen LogP contribution in [-0.2, 0) is 14.6 Å². The molecule has 0 aliphatic carbocycles. The molecule has 0 spiro atoms. The number of carbonyl (C=O) groups excluding carboxylic acids is 1. The molecule has 2 rings (SSSR count). The smallest absolute Gasteiger partial charge is 0.268 e. The van der Waals surface area contributed by atoms with Crippen molar-refractivity contribution in [2.45, 2.75) is 18.2 Å². The van der Waals surface area contributed by atoms with Crippen LogP contribution in [0.15, 0.2) is 34.2 Å². The number of carbonyl (C=O) groups is 1. The third-order valence-electron chi connectivity index (χ3n) is 2.99. The predicted octanol–water partition coefficient (Wildman–Crippen LogP) is 3.17. The van der Waals surface area contributed by atoms with Gasteiger partial charge in [0.2, 0.25) is 19.3 Å². The van der Waals surface area contributed by atoms with E-state index >= 15 is 0 Å². The van der Waals surface area contributed by atoms with Gasteiger partial charge in [-0.1, -0.05) is 48.9 Å². The number of hydrogen-bond acceptors (Lipinski definition) is 7. The van der Waals surface area contributed by atoms with Gasteiger partial charge in [-0.3, -0.25) is 10.1 Å². The summed E-state index contributed by atoms with van der Waals surface area (Å²) >= 11 is 6.54. The summed E-state index contributed by atoms with van der Waals surface area (Å²) in [6.45, 7) is 3.56. The molecular weight excluding hydrogens is 396 g/mol. The molecule has 0 unspecified atom stereocenters. The number of nitriles is 1. The van der Waals surface area contributed by atoms with Crippen LogP contribution < -0.4 is 5.32 Å². The van der Waals surface area contributed by atoms with Crippen LogP contribution in [0.1, 0.15) is 19.4 Å². The molecule has 0 aliphatic heterocycles. The van der Waals surface area contributed by atoms with Crippen molar-refractivity contribution < 1.29 is 13.2 Å². The van der Waals surface area contributed by atoms with Gasteiger partial charge in [0, 0.05) is 5.02 Å². The second kappa shape index (κ2) is 8.40. The molecule has 0 radical (unpaired) electrons. The average molecular weight is 411 g/mol. The monoisotopic (exact) mass is 410 g/mol. The van der Waals surface area contributed by atoms with Crippen LogP contribution in [0.5, 0.6) is 0 Å². The minimum absolute atomic E-state index is 0.00888.